The molecule has 3 N–H and O–H groups in total. The maximum absolute atomic E-state index is 11.1. The molecule has 0 unspecified atom stereocenters. The van der Waals surface area contributed by atoms with Gasteiger partial charge in [-0.05, 0) is 23.3 Å². The number of carbonyl (C=O) groups excluding carboxylic acids is 1. The van der Waals surface area contributed by atoms with Crippen molar-refractivity contribution in [1.29, 1.82) is 0 Å². The average Bonchev–Trinajstić information content (AvgIpc) is 2.47. The topological polar surface area (TPSA) is 55.1 Å². The summed E-state index contributed by atoms with van der Waals surface area (Å²) >= 11 is 0. The van der Waals surface area contributed by atoms with Crippen LogP contribution >= 0.6 is 0 Å². The molecule has 96 valence electrons. The third kappa shape index (κ3) is 4.08. The van der Waals surface area contributed by atoms with Gasteiger partial charge in [-0.2, -0.15) is 0 Å². The van der Waals surface area contributed by atoms with Crippen LogP contribution in [-0.4, -0.2) is 12.5 Å². The Kier molecular flexibility index (Phi) is 4.48. The molecule has 0 saturated carbocycles. The van der Waals surface area contributed by atoms with Gasteiger partial charge in [-0.1, -0.05) is 54.6 Å². The first-order chi connectivity index (χ1) is 9.28. The van der Waals surface area contributed by atoms with E-state index >= 15 is 0 Å². The Balaban J connectivity index is 2.03. The zero-order chi connectivity index (χ0) is 13.5. The first kappa shape index (κ1) is 13.1. The molecule has 2 aromatic carbocycles. The first-order valence-corrected chi connectivity index (χ1v) is 6.11. The van der Waals surface area contributed by atoms with Crippen molar-refractivity contribution in [2.75, 3.05) is 11.9 Å². The van der Waals surface area contributed by atoms with E-state index in [9.17, 15) is 4.79 Å². The van der Waals surface area contributed by atoms with E-state index < -0.39 is 0 Å². The number of hydrogen-bond donors (Lipinski definition) is 2. The Morgan fingerprint density at radius 2 is 1.53 bits per heavy atom. The van der Waals surface area contributed by atoms with Gasteiger partial charge >= 0.3 is 0 Å². The fourth-order valence-corrected chi connectivity index (χ4v) is 1.65. The van der Waals surface area contributed by atoms with Gasteiger partial charge in [0.25, 0.3) is 0 Å². The molecular formula is C16H16N2O. The second kappa shape index (κ2) is 6.52. The van der Waals surface area contributed by atoms with E-state index in [1.165, 1.54) is 0 Å². The van der Waals surface area contributed by atoms with Crippen LogP contribution < -0.4 is 11.1 Å². The number of rotatable bonds is 4. The summed E-state index contributed by atoms with van der Waals surface area (Å²) in [6, 6.07) is 17.7. The number of benzene rings is 2. The minimum absolute atomic E-state index is 0.00430. The molecule has 0 aromatic heterocycles. The molecular weight excluding hydrogens is 236 g/mol. The summed E-state index contributed by atoms with van der Waals surface area (Å²) in [5.41, 5.74) is 8.23. The molecule has 1 amide bonds. The van der Waals surface area contributed by atoms with Crippen molar-refractivity contribution in [1.82, 2.24) is 0 Å². The summed E-state index contributed by atoms with van der Waals surface area (Å²) in [5, 5.41) is 2.70. The lowest BCUT2D eigenvalue weighted by Crippen LogP contribution is -2.21. The smallest absolute Gasteiger partial charge is 0.238 e. The quantitative estimate of drug-likeness (QED) is 0.822. The van der Waals surface area contributed by atoms with Crippen LogP contribution in [0.4, 0.5) is 5.69 Å². The Labute approximate surface area is 112 Å². The van der Waals surface area contributed by atoms with Crippen molar-refractivity contribution in [3.63, 3.8) is 0 Å². The lowest BCUT2D eigenvalue weighted by Gasteiger charge is -2.03. The standard InChI is InChI=1S/C16H16N2O/c17-12-16(19)18-15-10-8-14(9-11-15)7-6-13-4-2-1-3-5-13/h1-11H,12,17H2,(H,18,19)/b7-6+. The van der Waals surface area contributed by atoms with Crippen molar-refractivity contribution in [3.8, 4) is 0 Å². The van der Waals surface area contributed by atoms with E-state index in [1.54, 1.807) is 0 Å². The average molecular weight is 252 g/mol. The number of nitrogens with one attached hydrogen (secondary N) is 1. The molecule has 0 aliphatic heterocycles. The molecule has 0 saturated heterocycles. The van der Waals surface area contributed by atoms with Gasteiger partial charge in [0.2, 0.25) is 5.91 Å². The highest BCUT2D eigenvalue weighted by molar-refractivity contribution is 5.92. The van der Waals surface area contributed by atoms with Crippen LogP contribution in [-0.2, 0) is 4.79 Å². The molecule has 0 radical (unpaired) electrons. The van der Waals surface area contributed by atoms with E-state index in [0.717, 1.165) is 16.8 Å². The van der Waals surface area contributed by atoms with Crippen molar-refractivity contribution < 1.29 is 4.79 Å². The number of amides is 1. The number of hydrogen-bond acceptors (Lipinski definition) is 2. The normalized spacial score (nSPS) is 10.6. The highest BCUT2D eigenvalue weighted by Crippen LogP contribution is 2.12. The van der Waals surface area contributed by atoms with Gasteiger partial charge in [-0.25, -0.2) is 0 Å². The molecule has 0 aliphatic rings. The minimum Gasteiger partial charge on any atom is -0.325 e. The van der Waals surface area contributed by atoms with Crippen LogP contribution in [0.1, 0.15) is 11.1 Å². The van der Waals surface area contributed by atoms with Crippen molar-refractivity contribution in [2.24, 2.45) is 5.73 Å². The molecule has 0 aliphatic carbocycles. The van der Waals surface area contributed by atoms with Gasteiger partial charge in [0.05, 0.1) is 6.54 Å². The van der Waals surface area contributed by atoms with E-state index in [2.05, 4.69) is 5.32 Å². The minimum atomic E-state index is -0.187. The summed E-state index contributed by atoms with van der Waals surface area (Å²) in [4.78, 5) is 11.1. The van der Waals surface area contributed by atoms with Gasteiger partial charge in [-0.3, -0.25) is 4.79 Å². The molecule has 0 spiro atoms. The zero-order valence-corrected chi connectivity index (χ0v) is 10.5. The maximum atomic E-state index is 11.1. The summed E-state index contributed by atoms with van der Waals surface area (Å²) < 4.78 is 0. The fraction of sp³-hybridized carbons (Fsp3) is 0.0625. The molecule has 3 heteroatoms. The molecule has 19 heavy (non-hydrogen) atoms. The van der Waals surface area contributed by atoms with Gasteiger partial charge in [0.1, 0.15) is 0 Å². The highest BCUT2D eigenvalue weighted by atomic mass is 16.1. The molecule has 0 bridgehead atoms. The number of carbonyl (C=O) groups is 1. The lowest BCUT2D eigenvalue weighted by molar-refractivity contribution is -0.114. The predicted molar refractivity (Wildman–Crippen MR) is 79.5 cm³/mol. The van der Waals surface area contributed by atoms with Gasteiger partial charge in [0, 0.05) is 5.69 Å². The molecule has 0 heterocycles. The summed E-state index contributed by atoms with van der Waals surface area (Å²) in [7, 11) is 0. The molecule has 2 rings (SSSR count). The van der Waals surface area contributed by atoms with Gasteiger partial charge in [0.15, 0.2) is 0 Å². The molecule has 0 fully saturated rings. The SMILES string of the molecule is NCC(=O)Nc1ccc(/C=C/c2ccccc2)cc1. The van der Waals surface area contributed by atoms with Crippen LogP contribution in [0.25, 0.3) is 12.2 Å². The van der Waals surface area contributed by atoms with Gasteiger partial charge in [-0.15, -0.1) is 0 Å². The highest BCUT2D eigenvalue weighted by Gasteiger charge is 1.97. The van der Waals surface area contributed by atoms with Crippen LogP contribution in [0.2, 0.25) is 0 Å². The number of anilines is 1. The van der Waals surface area contributed by atoms with E-state index in [-0.39, 0.29) is 12.5 Å². The second-order valence-corrected chi connectivity index (χ2v) is 4.12. The van der Waals surface area contributed by atoms with Crippen LogP contribution in [0.5, 0.6) is 0 Å². The Morgan fingerprint density at radius 3 is 2.11 bits per heavy atom. The molecule has 3 nitrogen and oxygen atoms in total. The lowest BCUT2D eigenvalue weighted by atomic mass is 10.1. The largest absolute Gasteiger partial charge is 0.325 e. The van der Waals surface area contributed by atoms with Crippen LogP contribution in [0, 0.1) is 0 Å². The third-order valence-corrected chi connectivity index (χ3v) is 2.65. The second-order valence-electron chi connectivity index (χ2n) is 4.12. The Morgan fingerprint density at radius 1 is 0.947 bits per heavy atom. The van der Waals surface area contributed by atoms with E-state index in [4.69, 9.17) is 5.73 Å². The van der Waals surface area contributed by atoms with Crippen LogP contribution in [0.3, 0.4) is 0 Å². The fourth-order valence-electron chi connectivity index (χ4n) is 1.65. The summed E-state index contributed by atoms with van der Waals surface area (Å²) in [6.45, 7) is -0.00430. The van der Waals surface area contributed by atoms with Crippen molar-refractivity contribution >= 4 is 23.7 Å². The van der Waals surface area contributed by atoms with E-state index in [1.807, 2.05) is 66.7 Å². The summed E-state index contributed by atoms with van der Waals surface area (Å²) in [5.74, 6) is -0.187. The third-order valence-electron chi connectivity index (χ3n) is 2.65. The van der Waals surface area contributed by atoms with Gasteiger partial charge < -0.3 is 11.1 Å². The first-order valence-electron chi connectivity index (χ1n) is 6.11. The Bertz CT molecular complexity index is 559. The predicted octanol–water partition coefficient (Wildman–Crippen LogP) is 2.75. The maximum Gasteiger partial charge on any atom is 0.238 e. The zero-order valence-electron chi connectivity index (χ0n) is 10.5. The molecule has 2 aromatic rings. The van der Waals surface area contributed by atoms with Crippen molar-refractivity contribution in [3.05, 3.63) is 65.7 Å². The van der Waals surface area contributed by atoms with Crippen molar-refractivity contribution in [2.45, 2.75) is 0 Å². The van der Waals surface area contributed by atoms with E-state index in [0.29, 0.717) is 0 Å². The monoisotopic (exact) mass is 252 g/mol. The Hall–Kier alpha value is -2.39. The molecule has 0 atom stereocenters. The number of nitrogens with two attached hydrogens (primary N) is 1. The summed E-state index contributed by atoms with van der Waals surface area (Å²) in [6.07, 6.45) is 4.08. The van der Waals surface area contributed by atoms with Crippen LogP contribution in [0.15, 0.2) is 54.6 Å².